The highest BCUT2D eigenvalue weighted by Gasteiger charge is 2.19. The summed E-state index contributed by atoms with van der Waals surface area (Å²) in [5, 5.41) is 6.16. The molecular weight excluding hydrogens is 232 g/mol. The second kappa shape index (κ2) is 8.91. The maximum atomic E-state index is 11.7. The molecule has 1 atom stereocenters. The minimum absolute atomic E-state index is 0.00572. The second-order valence-corrected chi connectivity index (χ2v) is 4.68. The number of unbranched alkanes of at least 4 members (excludes halogenated alkanes) is 2. The zero-order chi connectivity index (χ0) is 13.2. The van der Waals surface area contributed by atoms with Gasteiger partial charge in [-0.15, -0.1) is 0 Å². The number of hydrogen-bond donors (Lipinski definition) is 2. The van der Waals surface area contributed by atoms with Gasteiger partial charge in [0.2, 0.25) is 5.91 Å². The van der Waals surface area contributed by atoms with E-state index in [1.165, 1.54) is 7.11 Å². The number of piperidine rings is 1. The topological polar surface area (TPSA) is 67.4 Å². The molecule has 0 aromatic carbocycles. The van der Waals surface area contributed by atoms with Crippen LogP contribution in [-0.2, 0) is 14.3 Å². The Morgan fingerprint density at radius 1 is 1.28 bits per heavy atom. The monoisotopic (exact) mass is 256 g/mol. The molecule has 0 aromatic heterocycles. The van der Waals surface area contributed by atoms with Gasteiger partial charge in [0.1, 0.15) is 0 Å². The molecule has 1 amide bonds. The molecular formula is C13H24N2O3. The molecule has 1 heterocycles. The van der Waals surface area contributed by atoms with Crippen LogP contribution in [0, 0.1) is 0 Å². The molecule has 0 bridgehead atoms. The van der Waals surface area contributed by atoms with Crippen molar-refractivity contribution in [3.63, 3.8) is 0 Å². The van der Waals surface area contributed by atoms with E-state index in [2.05, 4.69) is 15.4 Å². The van der Waals surface area contributed by atoms with Crippen LogP contribution in [0.15, 0.2) is 0 Å². The largest absolute Gasteiger partial charge is 0.469 e. The first kappa shape index (κ1) is 15.0. The number of hydrogen-bond acceptors (Lipinski definition) is 4. The zero-order valence-corrected chi connectivity index (χ0v) is 11.2. The lowest BCUT2D eigenvalue weighted by Gasteiger charge is -2.22. The number of carbonyl (C=O) groups excluding carboxylic acids is 2. The van der Waals surface area contributed by atoms with Gasteiger partial charge in [-0.05, 0) is 32.2 Å². The summed E-state index contributed by atoms with van der Waals surface area (Å²) in [6.45, 7) is 1.63. The van der Waals surface area contributed by atoms with Crippen LogP contribution in [0.5, 0.6) is 0 Å². The highest BCUT2D eigenvalue weighted by molar-refractivity contribution is 5.81. The molecule has 2 N–H and O–H groups in total. The normalized spacial score (nSPS) is 19.3. The van der Waals surface area contributed by atoms with E-state index >= 15 is 0 Å². The maximum Gasteiger partial charge on any atom is 0.305 e. The third-order valence-electron chi connectivity index (χ3n) is 3.21. The molecule has 104 valence electrons. The first-order chi connectivity index (χ1) is 8.74. The van der Waals surface area contributed by atoms with E-state index in [0.717, 1.165) is 45.1 Å². The summed E-state index contributed by atoms with van der Waals surface area (Å²) in [7, 11) is 1.40. The molecule has 0 aliphatic carbocycles. The van der Waals surface area contributed by atoms with Crippen molar-refractivity contribution in [3.8, 4) is 0 Å². The molecule has 1 saturated heterocycles. The molecule has 5 heteroatoms. The SMILES string of the molecule is COC(=O)CCCCCNC(=O)C1CCCCN1. The number of nitrogens with one attached hydrogen (secondary N) is 2. The van der Waals surface area contributed by atoms with Crippen molar-refractivity contribution < 1.29 is 14.3 Å². The lowest BCUT2D eigenvalue weighted by molar-refractivity contribution is -0.140. The molecule has 1 rings (SSSR count). The highest BCUT2D eigenvalue weighted by Crippen LogP contribution is 2.07. The zero-order valence-electron chi connectivity index (χ0n) is 11.2. The average molecular weight is 256 g/mol. The minimum Gasteiger partial charge on any atom is -0.469 e. The smallest absolute Gasteiger partial charge is 0.305 e. The lowest BCUT2D eigenvalue weighted by Crippen LogP contribution is -2.46. The van der Waals surface area contributed by atoms with E-state index in [4.69, 9.17) is 0 Å². The fraction of sp³-hybridized carbons (Fsp3) is 0.846. The Labute approximate surface area is 109 Å². The number of carbonyl (C=O) groups is 2. The molecule has 1 fully saturated rings. The molecule has 0 spiro atoms. The van der Waals surface area contributed by atoms with Crippen LogP contribution >= 0.6 is 0 Å². The summed E-state index contributed by atoms with van der Waals surface area (Å²) in [5.74, 6) is -0.0480. The van der Waals surface area contributed by atoms with Gasteiger partial charge in [-0.2, -0.15) is 0 Å². The number of esters is 1. The number of amides is 1. The van der Waals surface area contributed by atoms with Gasteiger partial charge in [0.25, 0.3) is 0 Å². The predicted octanol–water partition coefficient (Wildman–Crippen LogP) is 0.978. The minimum atomic E-state index is -0.162. The van der Waals surface area contributed by atoms with Gasteiger partial charge >= 0.3 is 5.97 Å². The number of rotatable bonds is 7. The molecule has 18 heavy (non-hydrogen) atoms. The Morgan fingerprint density at radius 3 is 2.78 bits per heavy atom. The first-order valence-electron chi connectivity index (χ1n) is 6.82. The molecule has 1 aliphatic rings. The van der Waals surface area contributed by atoms with E-state index in [0.29, 0.717) is 13.0 Å². The van der Waals surface area contributed by atoms with E-state index in [1.54, 1.807) is 0 Å². The van der Waals surface area contributed by atoms with Gasteiger partial charge in [-0.3, -0.25) is 9.59 Å². The average Bonchev–Trinajstić information content (AvgIpc) is 2.43. The van der Waals surface area contributed by atoms with Gasteiger partial charge in [0.05, 0.1) is 13.2 Å². The predicted molar refractivity (Wildman–Crippen MR) is 69.1 cm³/mol. The maximum absolute atomic E-state index is 11.7. The van der Waals surface area contributed by atoms with Crippen LogP contribution < -0.4 is 10.6 Å². The van der Waals surface area contributed by atoms with Gasteiger partial charge in [0.15, 0.2) is 0 Å². The Balaban J connectivity index is 1.96. The summed E-state index contributed by atoms with van der Waals surface area (Å²) >= 11 is 0. The van der Waals surface area contributed by atoms with Crippen LogP contribution in [0.25, 0.3) is 0 Å². The van der Waals surface area contributed by atoms with Crippen molar-refractivity contribution >= 4 is 11.9 Å². The Bertz CT molecular complexity index is 263. The third kappa shape index (κ3) is 6.00. The molecule has 0 saturated carbocycles. The molecule has 0 radical (unpaired) electrons. The van der Waals surface area contributed by atoms with Crippen molar-refractivity contribution in [2.75, 3.05) is 20.2 Å². The van der Waals surface area contributed by atoms with Crippen LogP contribution in [-0.4, -0.2) is 38.1 Å². The summed E-state index contributed by atoms with van der Waals surface area (Å²) in [6, 6.07) is -0.00572. The van der Waals surface area contributed by atoms with Crippen LogP contribution in [0.2, 0.25) is 0 Å². The number of methoxy groups -OCH3 is 1. The molecule has 0 aromatic rings. The van der Waals surface area contributed by atoms with Crippen molar-refractivity contribution in [2.45, 2.75) is 51.0 Å². The van der Waals surface area contributed by atoms with Gasteiger partial charge in [-0.1, -0.05) is 12.8 Å². The standard InChI is InChI=1S/C13H24N2O3/c1-18-12(16)8-3-2-5-10-15-13(17)11-7-4-6-9-14-11/h11,14H,2-10H2,1H3,(H,15,17). The molecule has 1 unspecified atom stereocenters. The lowest BCUT2D eigenvalue weighted by atomic mass is 10.0. The summed E-state index contributed by atoms with van der Waals surface area (Å²) < 4.78 is 4.56. The van der Waals surface area contributed by atoms with Crippen molar-refractivity contribution in [1.29, 1.82) is 0 Å². The second-order valence-electron chi connectivity index (χ2n) is 4.68. The quantitative estimate of drug-likeness (QED) is 0.526. The summed E-state index contributed by atoms with van der Waals surface area (Å²) in [6.07, 6.45) is 6.37. The molecule has 1 aliphatic heterocycles. The van der Waals surface area contributed by atoms with Crippen LogP contribution in [0.3, 0.4) is 0 Å². The van der Waals surface area contributed by atoms with Gasteiger partial charge in [-0.25, -0.2) is 0 Å². The van der Waals surface area contributed by atoms with E-state index < -0.39 is 0 Å². The summed E-state index contributed by atoms with van der Waals surface area (Å²) in [5.41, 5.74) is 0. The van der Waals surface area contributed by atoms with Gasteiger partial charge in [0, 0.05) is 13.0 Å². The van der Waals surface area contributed by atoms with E-state index in [-0.39, 0.29) is 17.9 Å². The Hall–Kier alpha value is -1.10. The Morgan fingerprint density at radius 2 is 2.11 bits per heavy atom. The van der Waals surface area contributed by atoms with Crippen molar-refractivity contribution in [1.82, 2.24) is 10.6 Å². The van der Waals surface area contributed by atoms with E-state index in [1.807, 2.05) is 0 Å². The fourth-order valence-electron chi connectivity index (χ4n) is 2.08. The van der Waals surface area contributed by atoms with Crippen molar-refractivity contribution in [2.24, 2.45) is 0 Å². The highest BCUT2D eigenvalue weighted by atomic mass is 16.5. The summed E-state index contributed by atoms with van der Waals surface area (Å²) in [4.78, 5) is 22.6. The fourth-order valence-corrected chi connectivity index (χ4v) is 2.08. The van der Waals surface area contributed by atoms with Crippen LogP contribution in [0.1, 0.15) is 44.9 Å². The van der Waals surface area contributed by atoms with Crippen LogP contribution in [0.4, 0.5) is 0 Å². The third-order valence-corrected chi connectivity index (χ3v) is 3.21. The van der Waals surface area contributed by atoms with E-state index in [9.17, 15) is 9.59 Å². The van der Waals surface area contributed by atoms with Gasteiger partial charge < -0.3 is 15.4 Å². The molecule has 5 nitrogen and oxygen atoms in total. The number of ether oxygens (including phenoxy) is 1. The first-order valence-corrected chi connectivity index (χ1v) is 6.82. The Kier molecular flexibility index (Phi) is 7.41. The van der Waals surface area contributed by atoms with Crippen molar-refractivity contribution in [3.05, 3.63) is 0 Å².